The van der Waals surface area contributed by atoms with Crippen LogP contribution in [-0.4, -0.2) is 26.6 Å². The zero-order valence-corrected chi connectivity index (χ0v) is 22.3. The van der Waals surface area contributed by atoms with Crippen molar-refractivity contribution in [3.8, 4) is 11.1 Å². The van der Waals surface area contributed by atoms with Crippen LogP contribution >= 0.6 is 11.8 Å². The van der Waals surface area contributed by atoms with E-state index in [1.54, 1.807) is 12.1 Å². The summed E-state index contributed by atoms with van der Waals surface area (Å²) in [5.41, 5.74) is 5.18. The SMILES string of the molecule is NC(=O)c1cc(-c2cccnc2C(Cc2cc(F)cc(F)c2)NC(=O)Cn2nc(C(F)(F)F)c3c2CSC3)ccc1F. The van der Waals surface area contributed by atoms with Crippen LogP contribution in [0.2, 0.25) is 0 Å². The molecule has 218 valence electrons. The molecule has 0 spiro atoms. The van der Waals surface area contributed by atoms with Gasteiger partial charge in [0.15, 0.2) is 5.69 Å². The van der Waals surface area contributed by atoms with E-state index in [-0.39, 0.29) is 46.0 Å². The van der Waals surface area contributed by atoms with Gasteiger partial charge in [-0.25, -0.2) is 13.2 Å². The molecule has 0 fully saturated rings. The minimum atomic E-state index is -4.69. The largest absolute Gasteiger partial charge is 0.435 e. The molecule has 2 aromatic carbocycles. The number of hydrogen-bond acceptors (Lipinski definition) is 5. The average Bonchev–Trinajstić information content (AvgIpc) is 3.51. The van der Waals surface area contributed by atoms with Gasteiger partial charge in [-0.3, -0.25) is 19.3 Å². The number of aromatic nitrogens is 3. The molecule has 1 atom stereocenters. The number of thioether (sulfide) groups is 1. The number of nitrogens with two attached hydrogens (primary N) is 1. The Morgan fingerprint density at radius 1 is 1.05 bits per heavy atom. The molecule has 1 unspecified atom stereocenters. The van der Waals surface area contributed by atoms with E-state index in [0.29, 0.717) is 17.2 Å². The molecule has 4 aromatic rings. The van der Waals surface area contributed by atoms with Crippen molar-refractivity contribution in [2.24, 2.45) is 5.73 Å². The Bertz CT molecular complexity index is 1670. The standard InChI is InChI=1S/C28H21F6N5O2S/c29-16-6-14(7-17(30)10-16)8-22(25-18(2-1-5-36-25)15-3-4-21(31)19(9-15)27(35)41)37-24(40)11-39-23-13-42-12-20(23)26(38-39)28(32,33)34/h1-7,9-10,22H,8,11-13H2,(H2,35,41)(H,37,40). The van der Waals surface area contributed by atoms with Gasteiger partial charge >= 0.3 is 6.18 Å². The molecule has 3 N–H and O–H groups in total. The molecular weight excluding hydrogens is 584 g/mol. The van der Waals surface area contributed by atoms with Crippen molar-refractivity contribution < 1.29 is 35.9 Å². The number of carbonyl (C=O) groups excluding carboxylic acids is 2. The summed E-state index contributed by atoms with van der Waals surface area (Å²) in [6, 6.07) is 8.52. The van der Waals surface area contributed by atoms with Crippen molar-refractivity contribution in [2.75, 3.05) is 0 Å². The van der Waals surface area contributed by atoms with Crippen LogP contribution in [0.5, 0.6) is 0 Å². The molecule has 5 rings (SSSR count). The maximum atomic E-state index is 14.2. The third-order valence-electron chi connectivity index (χ3n) is 6.62. The topological polar surface area (TPSA) is 103 Å². The first-order chi connectivity index (χ1) is 19.9. The van der Waals surface area contributed by atoms with Crippen molar-refractivity contribution in [1.82, 2.24) is 20.1 Å². The lowest BCUT2D eigenvalue weighted by molar-refractivity contribution is -0.142. The first-order valence-electron chi connectivity index (χ1n) is 12.4. The predicted octanol–water partition coefficient (Wildman–Crippen LogP) is 5.33. The average molecular weight is 606 g/mol. The van der Waals surface area contributed by atoms with Gasteiger partial charge < -0.3 is 11.1 Å². The highest BCUT2D eigenvalue weighted by molar-refractivity contribution is 7.98. The van der Waals surface area contributed by atoms with Gasteiger partial charge in [0.2, 0.25) is 5.91 Å². The fourth-order valence-corrected chi connectivity index (χ4v) is 5.96. The summed E-state index contributed by atoms with van der Waals surface area (Å²) < 4.78 is 83.9. The second-order valence-electron chi connectivity index (χ2n) is 9.52. The molecule has 14 heteroatoms. The van der Waals surface area contributed by atoms with E-state index in [9.17, 15) is 35.9 Å². The predicted molar refractivity (Wildman–Crippen MR) is 141 cm³/mol. The Hall–Kier alpha value is -4.33. The zero-order chi connectivity index (χ0) is 30.2. The van der Waals surface area contributed by atoms with E-state index >= 15 is 0 Å². The van der Waals surface area contributed by atoms with Gasteiger partial charge in [0.05, 0.1) is 23.0 Å². The molecule has 2 aromatic heterocycles. The van der Waals surface area contributed by atoms with Gasteiger partial charge in [0.25, 0.3) is 5.91 Å². The Labute approximate surface area is 239 Å². The van der Waals surface area contributed by atoms with Gasteiger partial charge in [-0.05, 0) is 47.9 Å². The normalized spacial score (nSPS) is 13.6. The molecular formula is C28H21F6N5O2S. The Balaban J connectivity index is 1.52. The Kier molecular flexibility index (Phi) is 7.99. The number of amides is 2. The second-order valence-corrected chi connectivity index (χ2v) is 10.5. The van der Waals surface area contributed by atoms with Gasteiger partial charge in [0, 0.05) is 34.9 Å². The first kappa shape index (κ1) is 29.2. The number of nitrogens with zero attached hydrogens (tertiary/aromatic N) is 3. The lowest BCUT2D eigenvalue weighted by Gasteiger charge is -2.22. The molecule has 0 saturated carbocycles. The molecule has 42 heavy (non-hydrogen) atoms. The van der Waals surface area contributed by atoms with Gasteiger partial charge in [-0.1, -0.05) is 12.1 Å². The number of rotatable bonds is 8. The molecule has 2 amide bonds. The van der Waals surface area contributed by atoms with E-state index in [1.807, 2.05) is 0 Å². The molecule has 1 aliphatic rings. The van der Waals surface area contributed by atoms with E-state index in [2.05, 4.69) is 15.4 Å². The van der Waals surface area contributed by atoms with Crippen molar-refractivity contribution in [1.29, 1.82) is 0 Å². The smallest absolute Gasteiger partial charge is 0.366 e. The summed E-state index contributed by atoms with van der Waals surface area (Å²) in [4.78, 5) is 29.4. The minimum Gasteiger partial charge on any atom is -0.366 e. The summed E-state index contributed by atoms with van der Waals surface area (Å²) in [7, 11) is 0. The van der Waals surface area contributed by atoms with Crippen LogP contribution in [-0.2, 0) is 35.4 Å². The molecule has 0 saturated heterocycles. The van der Waals surface area contributed by atoms with Crippen LogP contribution in [0.3, 0.4) is 0 Å². The highest BCUT2D eigenvalue weighted by Gasteiger charge is 2.40. The van der Waals surface area contributed by atoms with Crippen LogP contribution in [0, 0.1) is 17.5 Å². The highest BCUT2D eigenvalue weighted by Crippen LogP contribution is 2.40. The lowest BCUT2D eigenvalue weighted by Crippen LogP contribution is -2.34. The molecule has 7 nitrogen and oxygen atoms in total. The summed E-state index contributed by atoms with van der Waals surface area (Å²) in [6.45, 7) is -0.558. The molecule has 0 aliphatic carbocycles. The van der Waals surface area contributed by atoms with E-state index in [0.717, 1.165) is 22.9 Å². The number of nitrogens with one attached hydrogen (secondary N) is 1. The van der Waals surface area contributed by atoms with E-state index in [4.69, 9.17) is 5.73 Å². The number of halogens is 6. The summed E-state index contributed by atoms with van der Waals surface area (Å²) in [5.74, 6) is -3.95. The third-order valence-corrected chi connectivity index (χ3v) is 7.59. The van der Waals surface area contributed by atoms with Gasteiger partial charge in [-0.15, -0.1) is 0 Å². The quantitative estimate of drug-likeness (QED) is 0.265. The first-order valence-corrected chi connectivity index (χ1v) is 13.6. The Morgan fingerprint density at radius 3 is 2.48 bits per heavy atom. The Morgan fingerprint density at radius 2 is 1.79 bits per heavy atom. The summed E-state index contributed by atoms with van der Waals surface area (Å²) in [5, 5.41) is 6.36. The van der Waals surface area contributed by atoms with Crippen LogP contribution in [0.1, 0.15) is 44.6 Å². The number of hydrogen-bond donors (Lipinski definition) is 2. The molecule has 0 radical (unpaired) electrons. The van der Waals surface area contributed by atoms with Crippen molar-refractivity contribution >= 4 is 23.6 Å². The number of alkyl halides is 3. The fraction of sp³-hybridized carbons (Fsp3) is 0.214. The van der Waals surface area contributed by atoms with Gasteiger partial charge in [-0.2, -0.15) is 30.0 Å². The van der Waals surface area contributed by atoms with Crippen LogP contribution in [0.15, 0.2) is 54.7 Å². The number of primary amides is 1. The lowest BCUT2D eigenvalue weighted by atomic mass is 9.94. The number of fused-ring (bicyclic) bond motifs is 1. The summed E-state index contributed by atoms with van der Waals surface area (Å²) in [6.07, 6.45) is -3.46. The summed E-state index contributed by atoms with van der Waals surface area (Å²) >= 11 is 1.27. The molecule has 0 bridgehead atoms. The van der Waals surface area contributed by atoms with E-state index in [1.165, 1.54) is 30.1 Å². The highest BCUT2D eigenvalue weighted by atomic mass is 32.2. The van der Waals surface area contributed by atoms with Gasteiger partial charge in [0.1, 0.15) is 24.0 Å². The number of benzene rings is 2. The maximum absolute atomic E-state index is 14.2. The van der Waals surface area contributed by atoms with Crippen molar-refractivity contribution in [3.05, 3.63) is 106 Å². The zero-order valence-electron chi connectivity index (χ0n) is 21.5. The van der Waals surface area contributed by atoms with Crippen LogP contribution < -0.4 is 11.1 Å². The fourth-order valence-electron chi connectivity index (χ4n) is 4.83. The van der Waals surface area contributed by atoms with Crippen molar-refractivity contribution in [3.63, 3.8) is 0 Å². The minimum absolute atomic E-state index is 0.0284. The second kappa shape index (κ2) is 11.5. The number of carbonyl (C=O) groups is 2. The monoisotopic (exact) mass is 605 g/mol. The molecule has 3 heterocycles. The van der Waals surface area contributed by atoms with Crippen LogP contribution in [0.4, 0.5) is 26.3 Å². The molecule has 1 aliphatic heterocycles. The maximum Gasteiger partial charge on any atom is 0.435 e. The van der Waals surface area contributed by atoms with Crippen LogP contribution in [0.25, 0.3) is 11.1 Å². The van der Waals surface area contributed by atoms with Crippen molar-refractivity contribution in [2.45, 2.75) is 36.7 Å². The third kappa shape index (κ3) is 6.12. The van der Waals surface area contributed by atoms with E-state index < -0.39 is 53.7 Å². The number of pyridine rings is 1.